The molecule has 0 saturated carbocycles. The van der Waals surface area contributed by atoms with E-state index in [4.69, 9.17) is 21.9 Å². The van der Waals surface area contributed by atoms with E-state index in [0.29, 0.717) is 0 Å². The fourth-order valence-corrected chi connectivity index (χ4v) is 6.13. The second kappa shape index (κ2) is 10.7. The van der Waals surface area contributed by atoms with Gasteiger partial charge in [-0.1, -0.05) is 12.1 Å². The van der Waals surface area contributed by atoms with Crippen LogP contribution in [0.25, 0.3) is 0 Å². The molecular weight excluding hydrogens is 466 g/mol. The number of hydrogen-bond acceptors (Lipinski definition) is 4. The zero-order chi connectivity index (χ0) is 25.2. The summed E-state index contributed by atoms with van der Waals surface area (Å²) in [5.74, 6) is 0. The highest BCUT2D eigenvalue weighted by molar-refractivity contribution is 7.80. The Labute approximate surface area is 220 Å². The van der Waals surface area contributed by atoms with Gasteiger partial charge in [0.15, 0.2) is 5.11 Å². The Hall–Kier alpha value is -2.74. The Morgan fingerprint density at radius 3 is 2.44 bits per heavy atom. The van der Waals surface area contributed by atoms with Crippen LogP contribution in [-0.4, -0.2) is 52.4 Å². The van der Waals surface area contributed by atoms with Crippen LogP contribution in [0.2, 0.25) is 0 Å². The molecule has 2 aliphatic rings. The van der Waals surface area contributed by atoms with Crippen molar-refractivity contribution in [3.63, 3.8) is 0 Å². The monoisotopic (exact) mass is 503 g/mol. The summed E-state index contributed by atoms with van der Waals surface area (Å²) < 4.78 is 7.98. The predicted octanol–water partition coefficient (Wildman–Crippen LogP) is 5.02. The summed E-state index contributed by atoms with van der Waals surface area (Å²) in [4.78, 5) is 9.53. The first kappa shape index (κ1) is 24.9. The summed E-state index contributed by atoms with van der Waals surface area (Å²) in [6.07, 6.45) is 2.99. The number of ether oxygens (including phenoxy) is 1. The topological polar surface area (TPSA) is 45.6 Å². The van der Waals surface area contributed by atoms with Gasteiger partial charge < -0.3 is 19.5 Å². The minimum absolute atomic E-state index is 0.0211. The highest BCUT2D eigenvalue weighted by Gasteiger charge is 2.42. The Kier molecular flexibility index (Phi) is 7.42. The first-order valence-corrected chi connectivity index (χ1v) is 13.4. The molecule has 0 radical (unpaired) electrons. The van der Waals surface area contributed by atoms with Crippen molar-refractivity contribution in [1.82, 2.24) is 19.8 Å². The van der Waals surface area contributed by atoms with Gasteiger partial charge in [-0.2, -0.15) is 0 Å². The largest absolute Gasteiger partial charge is 0.379 e. The van der Waals surface area contributed by atoms with E-state index in [-0.39, 0.29) is 12.1 Å². The van der Waals surface area contributed by atoms with Crippen LogP contribution in [0, 0.1) is 27.7 Å². The summed E-state index contributed by atoms with van der Waals surface area (Å²) >= 11 is 5.95. The number of hydrogen-bond donors (Lipinski definition) is 1. The zero-order valence-electron chi connectivity index (χ0n) is 21.8. The molecular formula is C29H37N5OS. The highest BCUT2D eigenvalue weighted by Crippen LogP contribution is 2.43. The standard InChI is InChI=1S/C29H37N5OS/c1-20-16-21(2)18-24(17-20)34-28(27(31-29(34)36)26-8-5-6-9-30-26)25-19-22(3)33(23(25)4)11-7-10-32-12-14-35-15-13-32/h5-6,8-9,16-19,27-28H,7,10-15H2,1-4H3,(H,31,36)/t27-,28-/m1/s1. The van der Waals surface area contributed by atoms with E-state index in [2.05, 4.69) is 83.8 Å². The Bertz CT molecular complexity index is 1200. The number of nitrogens with zero attached hydrogens (tertiary/aromatic N) is 4. The molecule has 36 heavy (non-hydrogen) atoms. The number of benzene rings is 1. The Morgan fingerprint density at radius 2 is 1.75 bits per heavy atom. The number of rotatable bonds is 7. The molecule has 2 aromatic heterocycles. The van der Waals surface area contributed by atoms with Gasteiger partial charge >= 0.3 is 0 Å². The van der Waals surface area contributed by atoms with Gasteiger partial charge in [0, 0.05) is 49.5 Å². The number of aryl methyl sites for hydroxylation is 3. The molecule has 6 nitrogen and oxygen atoms in total. The molecule has 2 saturated heterocycles. The number of thiocarbonyl (C=S) groups is 1. The minimum Gasteiger partial charge on any atom is -0.379 e. The van der Waals surface area contributed by atoms with Crippen LogP contribution in [-0.2, 0) is 11.3 Å². The lowest BCUT2D eigenvalue weighted by atomic mass is 9.96. The second-order valence-corrected chi connectivity index (χ2v) is 10.5. The molecule has 0 bridgehead atoms. The van der Waals surface area contributed by atoms with Crippen molar-refractivity contribution in [2.24, 2.45) is 0 Å². The van der Waals surface area contributed by atoms with Crippen LogP contribution in [0.1, 0.15) is 52.3 Å². The number of aromatic nitrogens is 2. The van der Waals surface area contributed by atoms with Crippen molar-refractivity contribution >= 4 is 23.0 Å². The number of morpholine rings is 1. The molecule has 0 spiro atoms. The van der Waals surface area contributed by atoms with E-state index in [1.54, 1.807) is 0 Å². The van der Waals surface area contributed by atoms with Gasteiger partial charge in [0.25, 0.3) is 0 Å². The van der Waals surface area contributed by atoms with Gasteiger partial charge in [-0.25, -0.2) is 0 Å². The minimum atomic E-state index is -0.0261. The lowest BCUT2D eigenvalue weighted by Gasteiger charge is -2.29. The average Bonchev–Trinajstić information content (AvgIpc) is 3.35. The van der Waals surface area contributed by atoms with Gasteiger partial charge in [0.05, 0.1) is 31.0 Å². The van der Waals surface area contributed by atoms with Crippen molar-refractivity contribution in [3.05, 3.63) is 82.4 Å². The molecule has 3 aromatic rings. The number of nitrogens with one attached hydrogen (secondary N) is 1. The van der Waals surface area contributed by atoms with E-state index >= 15 is 0 Å². The van der Waals surface area contributed by atoms with E-state index < -0.39 is 0 Å². The van der Waals surface area contributed by atoms with Crippen LogP contribution in [0.4, 0.5) is 5.69 Å². The van der Waals surface area contributed by atoms with Crippen molar-refractivity contribution < 1.29 is 4.74 Å². The number of anilines is 1. The molecule has 0 unspecified atom stereocenters. The molecule has 2 fully saturated rings. The van der Waals surface area contributed by atoms with E-state index in [9.17, 15) is 0 Å². The summed E-state index contributed by atoms with van der Waals surface area (Å²) in [6.45, 7) is 14.7. The van der Waals surface area contributed by atoms with E-state index in [0.717, 1.165) is 62.3 Å². The Balaban J connectivity index is 1.49. The smallest absolute Gasteiger partial charge is 0.174 e. The SMILES string of the molecule is Cc1cc(C)cc(N2C(=S)N[C@H](c3ccccn3)[C@H]2c2cc(C)n(CCCN3CCOCC3)c2C)c1. The molecule has 0 aliphatic carbocycles. The molecule has 190 valence electrons. The van der Waals surface area contributed by atoms with Gasteiger partial charge in [0.1, 0.15) is 0 Å². The third-order valence-corrected chi connectivity index (χ3v) is 7.79. The van der Waals surface area contributed by atoms with Gasteiger partial charge in [-0.3, -0.25) is 9.88 Å². The van der Waals surface area contributed by atoms with Crippen LogP contribution < -0.4 is 10.2 Å². The molecule has 0 amide bonds. The van der Waals surface area contributed by atoms with Crippen molar-refractivity contribution in [1.29, 1.82) is 0 Å². The first-order valence-electron chi connectivity index (χ1n) is 13.0. The first-order chi connectivity index (χ1) is 17.4. The molecule has 2 aliphatic heterocycles. The molecule has 5 rings (SSSR count). The number of pyridine rings is 1. The molecule has 4 heterocycles. The lowest BCUT2D eigenvalue weighted by molar-refractivity contribution is 0.0369. The lowest BCUT2D eigenvalue weighted by Crippen LogP contribution is -2.37. The summed E-state index contributed by atoms with van der Waals surface area (Å²) in [6, 6.07) is 15.1. The normalized spacial score (nSPS) is 20.7. The molecule has 2 atom stereocenters. The fourth-order valence-electron chi connectivity index (χ4n) is 5.79. The fraction of sp³-hybridized carbons (Fsp3) is 0.448. The maximum absolute atomic E-state index is 5.95. The summed E-state index contributed by atoms with van der Waals surface area (Å²) in [5, 5.41) is 4.36. The quantitative estimate of drug-likeness (QED) is 0.457. The van der Waals surface area contributed by atoms with Crippen molar-refractivity contribution in [3.8, 4) is 0 Å². The van der Waals surface area contributed by atoms with Crippen LogP contribution in [0.3, 0.4) is 0 Å². The van der Waals surface area contributed by atoms with Gasteiger partial charge in [-0.05, 0) is 93.4 Å². The van der Waals surface area contributed by atoms with Gasteiger partial charge in [0.2, 0.25) is 0 Å². The van der Waals surface area contributed by atoms with E-state index in [1.165, 1.54) is 28.1 Å². The highest BCUT2D eigenvalue weighted by atomic mass is 32.1. The third kappa shape index (κ3) is 5.05. The maximum atomic E-state index is 5.95. The molecule has 1 N–H and O–H groups in total. The average molecular weight is 504 g/mol. The van der Waals surface area contributed by atoms with Crippen LogP contribution in [0.15, 0.2) is 48.7 Å². The second-order valence-electron chi connectivity index (χ2n) is 10.1. The molecule has 7 heteroatoms. The zero-order valence-corrected chi connectivity index (χ0v) is 22.6. The van der Waals surface area contributed by atoms with E-state index in [1.807, 2.05) is 12.3 Å². The predicted molar refractivity (Wildman–Crippen MR) is 150 cm³/mol. The summed E-state index contributed by atoms with van der Waals surface area (Å²) in [7, 11) is 0. The van der Waals surface area contributed by atoms with Crippen molar-refractivity contribution in [2.75, 3.05) is 37.7 Å². The Morgan fingerprint density at radius 1 is 1.00 bits per heavy atom. The maximum Gasteiger partial charge on any atom is 0.174 e. The third-order valence-electron chi connectivity index (χ3n) is 7.47. The van der Waals surface area contributed by atoms with Crippen molar-refractivity contribution in [2.45, 2.75) is 52.7 Å². The van der Waals surface area contributed by atoms with Gasteiger partial charge in [-0.15, -0.1) is 0 Å². The summed E-state index contributed by atoms with van der Waals surface area (Å²) in [5.41, 5.74) is 8.52. The molecule has 1 aromatic carbocycles. The van der Waals surface area contributed by atoms with Crippen LogP contribution in [0.5, 0.6) is 0 Å². The van der Waals surface area contributed by atoms with Crippen LogP contribution >= 0.6 is 12.2 Å².